The number of benzene rings is 2. The molecule has 2 aromatic carbocycles. The van der Waals surface area contributed by atoms with Crippen LogP contribution in [0.15, 0.2) is 58.4 Å². The van der Waals surface area contributed by atoms with Crippen LogP contribution in [0.1, 0.15) is 43.4 Å². The number of rotatable bonds is 8. The summed E-state index contributed by atoms with van der Waals surface area (Å²) in [6, 6.07) is 15.9. The van der Waals surface area contributed by atoms with Crippen molar-refractivity contribution in [3.05, 3.63) is 65.2 Å². The van der Waals surface area contributed by atoms with Crippen LogP contribution >= 0.6 is 24.0 Å². The van der Waals surface area contributed by atoms with E-state index in [1.165, 1.54) is 11.8 Å². The lowest BCUT2D eigenvalue weighted by atomic mass is 9.88. The normalized spacial score (nSPS) is 12.9. The summed E-state index contributed by atoms with van der Waals surface area (Å²) < 4.78 is 23.6. The minimum absolute atomic E-state index is 0. The lowest BCUT2D eigenvalue weighted by Gasteiger charge is -2.23. The van der Waals surface area contributed by atoms with Gasteiger partial charge in [-0.2, -0.15) is 0 Å². The van der Waals surface area contributed by atoms with Crippen LogP contribution in [-0.2, 0) is 16.4 Å². The second kappa shape index (κ2) is 12.3. The van der Waals surface area contributed by atoms with E-state index in [4.69, 9.17) is 0 Å². The van der Waals surface area contributed by atoms with Crippen molar-refractivity contribution in [2.75, 3.05) is 19.3 Å². The molecule has 0 bridgehead atoms. The fourth-order valence-electron chi connectivity index (χ4n) is 3.38. The quantitative estimate of drug-likeness (QED) is 0.292. The standard InChI is InChI=1S/C23H33N3O2S.HI/c1-6-24-23(26-16-21(17(2)3)20-10-8-7-9-11-20)25-15-19-12-13-22(18(4)14-19)29(5,27)28;/h7-14,17,21H,6,15-16H2,1-5H3,(H2,24,25,26);1H. The third-order valence-electron chi connectivity index (χ3n) is 4.92. The fourth-order valence-corrected chi connectivity index (χ4v) is 4.34. The van der Waals surface area contributed by atoms with Gasteiger partial charge in [-0.1, -0.05) is 56.3 Å². The summed E-state index contributed by atoms with van der Waals surface area (Å²) >= 11 is 0. The van der Waals surface area contributed by atoms with Crippen LogP contribution in [0.2, 0.25) is 0 Å². The van der Waals surface area contributed by atoms with E-state index in [2.05, 4.69) is 53.7 Å². The van der Waals surface area contributed by atoms with E-state index in [0.717, 1.165) is 30.2 Å². The summed E-state index contributed by atoms with van der Waals surface area (Å²) in [6.45, 7) is 10.4. The molecule has 2 N–H and O–H groups in total. The van der Waals surface area contributed by atoms with E-state index in [0.29, 0.717) is 23.3 Å². The maximum absolute atomic E-state index is 11.8. The van der Waals surface area contributed by atoms with Crippen LogP contribution in [0, 0.1) is 12.8 Å². The molecular weight excluding hydrogens is 509 g/mol. The SMILES string of the molecule is CCNC(=NCc1ccc(S(C)(=O)=O)c(C)c1)NCC(c1ccccc1)C(C)C.I. The first-order chi connectivity index (χ1) is 13.7. The molecule has 0 spiro atoms. The van der Waals surface area contributed by atoms with Gasteiger partial charge in [-0.05, 0) is 42.5 Å². The number of aryl methyl sites for hydroxylation is 1. The highest BCUT2D eigenvalue weighted by Gasteiger charge is 2.16. The zero-order valence-corrected chi connectivity index (χ0v) is 21.6. The predicted octanol–water partition coefficient (Wildman–Crippen LogP) is 4.51. The summed E-state index contributed by atoms with van der Waals surface area (Å²) in [7, 11) is -3.20. The molecule has 0 amide bonds. The summed E-state index contributed by atoms with van der Waals surface area (Å²) in [6.07, 6.45) is 1.23. The van der Waals surface area contributed by atoms with Crippen molar-refractivity contribution in [1.82, 2.24) is 10.6 Å². The maximum Gasteiger partial charge on any atom is 0.191 e. The first-order valence-corrected chi connectivity index (χ1v) is 12.0. The second-order valence-corrected chi connectivity index (χ2v) is 9.69. The van der Waals surface area contributed by atoms with Crippen LogP contribution < -0.4 is 10.6 Å². The van der Waals surface area contributed by atoms with E-state index in [1.807, 2.05) is 32.0 Å². The number of hydrogen-bond acceptors (Lipinski definition) is 3. The molecule has 0 aliphatic carbocycles. The molecule has 2 aromatic rings. The van der Waals surface area contributed by atoms with Gasteiger partial charge < -0.3 is 10.6 Å². The molecule has 0 fully saturated rings. The highest BCUT2D eigenvalue weighted by atomic mass is 127. The van der Waals surface area contributed by atoms with E-state index >= 15 is 0 Å². The van der Waals surface area contributed by atoms with Gasteiger partial charge in [0.05, 0.1) is 11.4 Å². The molecule has 1 atom stereocenters. The number of aliphatic imine (C=N–C) groups is 1. The second-order valence-electron chi connectivity index (χ2n) is 7.71. The Labute approximate surface area is 198 Å². The molecule has 7 heteroatoms. The van der Waals surface area contributed by atoms with Crippen molar-refractivity contribution < 1.29 is 8.42 Å². The molecular formula is C23H34IN3O2S. The number of hydrogen-bond donors (Lipinski definition) is 2. The lowest BCUT2D eigenvalue weighted by molar-refractivity contribution is 0.488. The van der Waals surface area contributed by atoms with Gasteiger partial charge in [0, 0.05) is 25.3 Å². The molecule has 0 aromatic heterocycles. The van der Waals surface area contributed by atoms with Gasteiger partial charge in [0.1, 0.15) is 0 Å². The molecule has 166 valence electrons. The van der Waals surface area contributed by atoms with Crippen LogP contribution in [0.4, 0.5) is 0 Å². The fraction of sp³-hybridized carbons (Fsp3) is 0.435. The molecule has 5 nitrogen and oxygen atoms in total. The molecule has 0 radical (unpaired) electrons. The van der Waals surface area contributed by atoms with Gasteiger partial charge >= 0.3 is 0 Å². The van der Waals surface area contributed by atoms with Crippen LogP contribution in [0.3, 0.4) is 0 Å². The Morgan fingerprint density at radius 1 is 1.07 bits per heavy atom. The summed E-state index contributed by atoms with van der Waals surface area (Å²) in [4.78, 5) is 5.06. The van der Waals surface area contributed by atoms with Crippen molar-refractivity contribution in [2.24, 2.45) is 10.9 Å². The Morgan fingerprint density at radius 2 is 1.73 bits per heavy atom. The molecule has 0 aliphatic rings. The van der Waals surface area contributed by atoms with Crippen molar-refractivity contribution in [1.29, 1.82) is 0 Å². The topological polar surface area (TPSA) is 70.6 Å². The highest BCUT2D eigenvalue weighted by molar-refractivity contribution is 14.0. The third kappa shape index (κ3) is 7.91. The van der Waals surface area contributed by atoms with Crippen molar-refractivity contribution in [3.8, 4) is 0 Å². The smallest absolute Gasteiger partial charge is 0.191 e. The Balaban J connectivity index is 0.00000450. The largest absolute Gasteiger partial charge is 0.357 e. The Hall–Kier alpha value is -1.61. The first kappa shape index (κ1) is 26.4. The number of sulfone groups is 1. The number of nitrogens with one attached hydrogen (secondary N) is 2. The Kier molecular flexibility index (Phi) is 10.8. The number of halogens is 1. The Morgan fingerprint density at radius 3 is 2.27 bits per heavy atom. The zero-order chi connectivity index (χ0) is 21.4. The van der Waals surface area contributed by atoms with Crippen LogP contribution in [0.5, 0.6) is 0 Å². The van der Waals surface area contributed by atoms with E-state index < -0.39 is 9.84 Å². The molecule has 0 aliphatic heterocycles. The highest BCUT2D eigenvalue weighted by Crippen LogP contribution is 2.23. The number of nitrogens with zero attached hydrogens (tertiary/aromatic N) is 1. The maximum atomic E-state index is 11.8. The average Bonchev–Trinajstić information content (AvgIpc) is 2.65. The first-order valence-electron chi connectivity index (χ1n) is 10.1. The van der Waals surface area contributed by atoms with E-state index in [-0.39, 0.29) is 24.0 Å². The third-order valence-corrected chi connectivity index (χ3v) is 6.18. The molecule has 1 unspecified atom stereocenters. The molecule has 0 saturated heterocycles. The predicted molar refractivity (Wildman–Crippen MR) is 137 cm³/mol. The average molecular weight is 544 g/mol. The Bertz CT molecular complexity index is 929. The van der Waals surface area contributed by atoms with Gasteiger partial charge in [-0.15, -0.1) is 24.0 Å². The summed E-state index contributed by atoms with van der Waals surface area (Å²) in [5, 5.41) is 6.76. The number of guanidine groups is 1. The van der Waals surface area contributed by atoms with Crippen LogP contribution in [-0.4, -0.2) is 33.7 Å². The van der Waals surface area contributed by atoms with Gasteiger partial charge in [0.2, 0.25) is 0 Å². The van der Waals surface area contributed by atoms with Crippen LogP contribution in [0.25, 0.3) is 0 Å². The van der Waals surface area contributed by atoms with Gasteiger partial charge in [0.15, 0.2) is 15.8 Å². The zero-order valence-electron chi connectivity index (χ0n) is 18.5. The molecule has 0 heterocycles. The van der Waals surface area contributed by atoms with Gasteiger partial charge in [-0.3, -0.25) is 0 Å². The van der Waals surface area contributed by atoms with Crippen molar-refractivity contribution in [3.63, 3.8) is 0 Å². The molecule has 2 rings (SSSR count). The van der Waals surface area contributed by atoms with Gasteiger partial charge in [-0.25, -0.2) is 13.4 Å². The van der Waals surface area contributed by atoms with Crippen molar-refractivity contribution in [2.45, 2.75) is 45.1 Å². The van der Waals surface area contributed by atoms with E-state index in [9.17, 15) is 8.42 Å². The summed E-state index contributed by atoms with van der Waals surface area (Å²) in [5.74, 6) is 1.65. The molecule has 0 saturated carbocycles. The van der Waals surface area contributed by atoms with E-state index in [1.54, 1.807) is 6.07 Å². The minimum Gasteiger partial charge on any atom is -0.357 e. The van der Waals surface area contributed by atoms with Crippen molar-refractivity contribution >= 4 is 39.8 Å². The monoisotopic (exact) mass is 543 g/mol. The molecule has 30 heavy (non-hydrogen) atoms. The lowest BCUT2D eigenvalue weighted by Crippen LogP contribution is -2.40. The minimum atomic E-state index is -3.20. The van der Waals surface area contributed by atoms with Gasteiger partial charge in [0.25, 0.3) is 0 Å². The summed E-state index contributed by atoms with van der Waals surface area (Å²) in [5.41, 5.74) is 3.05.